The summed E-state index contributed by atoms with van der Waals surface area (Å²) in [5.74, 6) is 2.18. The van der Waals surface area contributed by atoms with Crippen molar-refractivity contribution in [1.29, 1.82) is 0 Å². The van der Waals surface area contributed by atoms with Gasteiger partial charge in [-0.05, 0) is 42.2 Å². The van der Waals surface area contributed by atoms with Gasteiger partial charge in [0.05, 0.1) is 12.4 Å². The largest absolute Gasteiger partial charge is 0.439 e. The van der Waals surface area contributed by atoms with Gasteiger partial charge in [-0.15, -0.1) is 0 Å². The van der Waals surface area contributed by atoms with Gasteiger partial charge >= 0.3 is 0 Å². The molecule has 162 valence electrons. The van der Waals surface area contributed by atoms with Crippen molar-refractivity contribution in [2.24, 2.45) is 10.9 Å². The van der Waals surface area contributed by atoms with E-state index in [1.807, 2.05) is 31.8 Å². The minimum absolute atomic E-state index is 0.297. The highest BCUT2D eigenvalue weighted by Gasteiger charge is 2.28. The zero-order chi connectivity index (χ0) is 21.6. The Morgan fingerprint density at radius 3 is 2.77 bits per heavy atom. The van der Waals surface area contributed by atoms with Gasteiger partial charge in [-0.2, -0.15) is 0 Å². The molecule has 0 spiro atoms. The number of guanidine groups is 1. The van der Waals surface area contributed by atoms with Crippen LogP contribution in [0, 0.1) is 11.7 Å². The third-order valence-corrected chi connectivity index (χ3v) is 5.62. The van der Waals surface area contributed by atoms with E-state index in [1.54, 1.807) is 24.4 Å². The van der Waals surface area contributed by atoms with Gasteiger partial charge < -0.3 is 19.5 Å². The van der Waals surface area contributed by atoms with Gasteiger partial charge in [0.1, 0.15) is 11.6 Å². The van der Waals surface area contributed by atoms with E-state index in [-0.39, 0.29) is 5.82 Å². The lowest BCUT2D eigenvalue weighted by molar-refractivity contribution is 0.189. The monoisotopic (exact) mass is 422 g/mol. The van der Waals surface area contributed by atoms with Crippen molar-refractivity contribution in [1.82, 2.24) is 24.8 Å². The number of pyridine rings is 1. The van der Waals surface area contributed by atoms with Crippen LogP contribution in [0.5, 0.6) is 11.6 Å². The third kappa shape index (κ3) is 5.20. The van der Waals surface area contributed by atoms with E-state index in [9.17, 15) is 4.39 Å². The Bertz CT molecular complexity index is 988. The molecule has 0 saturated carbocycles. The van der Waals surface area contributed by atoms with Crippen molar-refractivity contribution < 1.29 is 9.13 Å². The maximum atomic E-state index is 13.0. The molecule has 0 bridgehead atoms. The number of hydrogen-bond donors (Lipinski definition) is 1. The van der Waals surface area contributed by atoms with Crippen LogP contribution >= 0.6 is 0 Å². The number of benzene rings is 1. The topological polar surface area (TPSA) is 67.6 Å². The van der Waals surface area contributed by atoms with Crippen molar-refractivity contribution in [2.75, 3.05) is 20.1 Å². The molecule has 2 atom stereocenters. The Hall–Kier alpha value is -3.42. The summed E-state index contributed by atoms with van der Waals surface area (Å²) in [6.07, 6.45) is 8.62. The summed E-state index contributed by atoms with van der Waals surface area (Å²) >= 11 is 0. The Kier molecular flexibility index (Phi) is 6.45. The van der Waals surface area contributed by atoms with Crippen molar-refractivity contribution in [3.8, 4) is 11.6 Å². The first-order chi connectivity index (χ1) is 15.1. The van der Waals surface area contributed by atoms with Gasteiger partial charge in [-0.3, -0.25) is 4.99 Å². The van der Waals surface area contributed by atoms with Gasteiger partial charge in [-0.25, -0.2) is 14.4 Å². The summed E-state index contributed by atoms with van der Waals surface area (Å²) < 4.78 is 20.8. The zero-order valence-corrected chi connectivity index (χ0v) is 17.8. The fourth-order valence-corrected chi connectivity index (χ4v) is 3.81. The van der Waals surface area contributed by atoms with Crippen LogP contribution < -0.4 is 10.1 Å². The number of aliphatic imine (C=N–C) groups is 1. The van der Waals surface area contributed by atoms with E-state index < -0.39 is 0 Å². The number of hydrogen-bond acceptors (Lipinski definition) is 4. The highest BCUT2D eigenvalue weighted by Crippen LogP contribution is 2.27. The predicted molar refractivity (Wildman–Crippen MR) is 118 cm³/mol. The molecule has 2 unspecified atom stereocenters. The molecule has 3 aromatic rings. The molecule has 1 aliphatic rings. The number of rotatable bonds is 5. The average molecular weight is 423 g/mol. The van der Waals surface area contributed by atoms with Crippen molar-refractivity contribution >= 4 is 5.96 Å². The standard InChI is InChI=1S/C23H27FN6O/c1-17-9-11-29(15-21(17)30-12-10-26-16-30)23(25-2)28-14-18-3-8-22(27-13-18)31-20-6-4-19(24)5-7-20/h3-8,10,12-13,16-17,21H,9,11,14-15H2,1-2H3,(H,25,28). The lowest BCUT2D eigenvalue weighted by Crippen LogP contribution is -2.48. The zero-order valence-electron chi connectivity index (χ0n) is 17.8. The molecule has 8 heteroatoms. The molecule has 3 heterocycles. The van der Waals surface area contributed by atoms with Crippen molar-refractivity contribution in [2.45, 2.75) is 25.9 Å². The predicted octanol–water partition coefficient (Wildman–Crippen LogP) is 3.87. The minimum atomic E-state index is -0.297. The van der Waals surface area contributed by atoms with Gasteiger partial charge in [0, 0.05) is 51.3 Å². The molecular formula is C23H27FN6O. The van der Waals surface area contributed by atoms with Gasteiger partial charge in [-0.1, -0.05) is 13.0 Å². The maximum Gasteiger partial charge on any atom is 0.219 e. The lowest BCUT2D eigenvalue weighted by atomic mass is 9.93. The summed E-state index contributed by atoms with van der Waals surface area (Å²) in [5.41, 5.74) is 1.02. The fourth-order valence-electron chi connectivity index (χ4n) is 3.81. The van der Waals surface area contributed by atoms with E-state index in [0.29, 0.717) is 30.1 Å². The normalized spacial score (nSPS) is 19.3. The Labute approximate surface area is 181 Å². The second kappa shape index (κ2) is 9.59. The number of aromatic nitrogens is 3. The van der Waals surface area contributed by atoms with Crippen LogP contribution in [-0.2, 0) is 6.54 Å². The summed E-state index contributed by atoms with van der Waals surface area (Å²) in [4.78, 5) is 15.3. The Balaban J connectivity index is 1.33. The smallest absolute Gasteiger partial charge is 0.219 e. The van der Waals surface area contributed by atoms with E-state index in [4.69, 9.17) is 4.74 Å². The number of halogens is 1. The molecule has 31 heavy (non-hydrogen) atoms. The first-order valence-electron chi connectivity index (χ1n) is 10.4. The highest BCUT2D eigenvalue weighted by molar-refractivity contribution is 5.80. The highest BCUT2D eigenvalue weighted by atomic mass is 19.1. The van der Waals surface area contributed by atoms with Crippen LogP contribution in [-0.4, -0.2) is 45.5 Å². The Morgan fingerprint density at radius 2 is 2.10 bits per heavy atom. The number of piperidine rings is 1. The minimum Gasteiger partial charge on any atom is -0.439 e. The first-order valence-corrected chi connectivity index (χ1v) is 10.4. The van der Waals surface area contributed by atoms with Crippen LogP contribution in [0.15, 0.2) is 66.3 Å². The molecule has 1 fully saturated rings. The quantitative estimate of drug-likeness (QED) is 0.499. The molecule has 0 aliphatic carbocycles. The average Bonchev–Trinajstić information content (AvgIpc) is 3.32. The molecule has 1 aromatic carbocycles. The number of nitrogens with one attached hydrogen (secondary N) is 1. The van der Waals surface area contributed by atoms with Gasteiger partial charge in [0.2, 0.25) is 5.88 Å². The van der Waals surface area contributed by atoms with E-state index in [0.717, 1.165) is 31.0 Å². The van der Waals surface area contributed by atoms with Crippen molar-refractivity contribution in [3.05, 3.63) is 72.7 Å². The summed E-state index contributed by atoms with van der Waals surface area (Å²) in [6, 6.07) is 10.0. The molecule has 0 radical (unpaired) electrons. The van der Waals surface area contributed by atoms with Crippen molar-refractivity contribution in [3.63, 3.8) is 0 Å². The fraction of sp³-hybridized carbons (Fsp3) is 0.348. The molecule has 4 rings (SSSR count). The number of imidazole rings is 1. The summed E-state index contributed by atoms with van der Waals surface area (Å²) in [5, 5.41) is 3.44. The van der Waals surface area contributed by atoms with E-state index in [2.05, 4.69) is 36.7 Å². The molecular weight excluding hydrogens is 395 g/mol. The second-order valence-corrected chi connectivity index (χ2v) is 7.75. The summed E-state index contributed by atoms with van der Waals surface area (Å²) in [6.45, 7) is 4.76. The van der Waals surface area contributed by atoms with E-state index >= 15 is 0 Å². The lowest BCUT2D eigenvalue weighted by Gasteiger charge is -2.39. The van der Waals surface area contributed by atoms with Crippen LogP contribution in [0.4, 0.5) is 4.39 Å². The first kappa shape index (κ1) is 20.8. The van der Waals surface area contributed by atoms with Crippen LogP contribution in [0.2, 0.25) is 0 Å². The SMILES string of the molecule is CN=C(NCc1ccc(Oc2ccc(F)cc2)nc1)N1CCC(C)C(n2ccnc2)C1. The molecule has 7 nitrogen and oxygen atoms in total. The molecule has 1 N–H and O–H groups in total. The van der Waals surface area contributed by atoms with Crippen LogP contribution in [0.25, 0.3) is 0 Å². The third-order valence-electron chi connectivity index (χ3n) is 5.62. The van der Waals surface area contributed by atoms with Gasteiger partial charge in [0.25, 0.3) is 0 Å². The van der Waals surface area contributed by atoms with Crippen LogP contribution in [0.1, 0.15) is 24.9 Å². The molecule has 1 aliphatic heterocycles. The molecule has 1 saturated heterocycles. The van der Waals surface area contributed by atoms with Gasteiger partial charge in [0.15, 0.2) is 5.96 Å². The summed E-state index contributed by atoms with van der Waals surface area (Å²) in [7, 11) is 1.81. The maximum absolute atomic E-state index is 13.0. The number of ether oxygens (including phenoxy) is 1. The molecule has 2 aromatic heterocycles. The second-order valence-electron chi connectivity index (χ2n) is 7.75. The van der Waals surface area contributed by atoms with Crippen LogP contribution in [0.3, 0.4) is 0 Å². The Morgan fingerprint density at radius 1 is 1.26 bits per heavy atom. The number of nitrogens with zero attached hydrogens (tertiary/aromatic N) is 5. The number of likely N-dealkylation sites (tertiary alicyclic amines) is 1. The van der Waals surface area contributed by atoms with E-state index in [1.165, 1.54) is 12.1 Å². The molecule has 0 amide bonds.